The number of aromatic carboxylic acids is 1. The first-order valence-corrected chi connectivity index (χ1v) is 7.08. The molecule has 0 atom stereocenters. The largest absolute Gasteiger partial charge is 0.478 e. The topological polar surface area (TPSA) is 84.2 Å². The van der Waals surface area contributed by atoms with Crippen molar-refractivity contribution in [2.75, 3.05) is 5.32 Å². The van der Waals surface area contributed by atoms with Crippen LogP contribution in [0.5, 0.6) is 0 Å². The van der Waals surface area contributed by atoms with E-state index in [9.17, 15) is 9.59 Å². The quantitative estimate of drug-likeness (QED) is 0.776. The minimum absolute atomic E-state index is 0.141. The Kier molecular flexibility index (Phi) is 3.80. The maximum atomic E-state index is 12.2. The van der Waals surface area contributed by atoms with Crippen molar-refractivity contribution >= 4 is 28.6 Å². The van der Waals surface area contributed by atoms with Gasteiger partial charge in [-0.2, -0.15) is 0 Å². The van der Waals surface area contributed by atoms with E-state index in [1.54, 1.807) is 23.0 Å². The van der Waals surface area contributed by atoms with Gasteiger partial charge in [0.1, 0.15) is 6.54 Å². The van der Waals surface area contributed by atoms with Gasteiger partial charge in [-0.25, -0.2) is 9.78 Å². The summed E-state index contributed by atoms with van der Waals surface area (Å²) in [6.07, 6.45) is 1.64. The van der Waals surface area contributed by atoms with E-state index < -0.39 is 5.97 Å². The predicted octanol–water partition coefficient (Wildman–Crippen LogP) is 2.68. The number of anilines is 1. The monoisotopic (exact) mass is 309 g/mol. The lowest BCUT2D eigenvalue weighted by Gasteiger charge is -2.08. The van der Waals surface area contributed by atoms with E-state index in [1.165, 1.54) is 12.1 Å². The van der Waals surface area contributed by atoms with Gasteiger partial charge in [0.2, 0.25) is 5.91 Å². The lowest BCUT2D eigenvalue weighted by Crippen LogP contribution is -2.18. The molecule has 116 valence electrons. The standard InChI is InChI=1S/C17H15N3O3/c1-11-3-2-4-14-16(11)20(10-18-14)9-15(21)19-13-7-5-12(6-8-13)17(22)23/h2-8,10H,9H2,1H3,(H,19,21)(H,22,23). The molecule has 6 nitrogen and oxygen atoms in total. The number of imidazole rings is 1. The second-order valence-electron chi connectivity index (χ2n) is 5.25. The summed E-state index contributed by atoms with van der Waals surface area (Å²) in [7, 11) is 0. The Balaban J connectivity index is 1.75. The first-order valence-electron chi connectivity index (χ1n) is 7.08. The molecule has 0 unspecified atom stereocenters. The smallest absolute Gasteiger partial charge is 0.335 e. The van der Waals surface area contributed by atoms with Gasteiger partial charge in [0.25, 0.3) is 0 Å². The molecule has 2 aromatic carbocycles. The van der Waals surface area contributed by atoms with E-state index in [1.807, 2.05) is 25.1 Å². The summed E-state index contributed by atoms with van der Waals surface area (Å²) in [5, 5.41) is 11.6. The van der Waals surface area contributed by atoms with Gasteiger partial charge in [0.15, 0.2) is 0 Å². The van der Waals surface area contributed by atoms with Gasteiger partial charge in [-0.3, -0.25) is 4.79 Å². The van der Waals surface area contributed by atoms with Crippen molar-refractivity contribution in [2.24, 2.45) is 0 Å². The van der Waals surface area contributed by atoms with Crippen molar-refractivity contribution in [3.8, 4) is 0 Å². The molecule has 0 aliphatic rings. The molecule has 1 aromatic heterocycles. The van der Waals surface area contributed by atoms with Gasteiger partial charge in [-0.1, -0.05) is 12.1 Å². The van der Waals surface area contributed by atoms with Crippen LogP contribution in [-0.4, -0.2) is 26.5 Å². The van der Waals surface area contributed by atoms with Crippen LogP contribution >= 0.6 is 0 Å². The van der Waals surface area contributed by atoms with Crippen molar-refractivity contribution in [1.82, 2.24) is 9.55 Å². The van der Waals surface area contributed by atoms with Gasteiger partial charge in [-0.15, -0.1) is 0 Å². The van der Waals surface area contributed by atoms with Crippen LogP contribution in [0.2, 0.25) is 0 Å². The zero-order valence-corrected chi connectivity index (χ0v) is 12.5. The molecule has 1 heterocycles. The fourth-order valence-electron chi connectivity index (χ4n) is 2.48. The SMILES string of the molecule is Cc1cccc2ncn(CC(=O)Nc3ccc(C(=O)O)cc3)c12. The van der Waals surface area contributed by atoms with Crippen LogP contribution in [0.25, 0.3) is 11.0 Å². The van der Waals surface area contributed by atoms with Crippen molar-refractivity contribution in [3.63, 3.8) is 0 Å². The second-order valence-corrected chi connectivity index (χ2v) is 5.25. The summed E-state index contributed by atoms with van der Waals surface area (Å²) >= 11 is 0. The second kappa shape index (κ2) is 5.92. The van der Waals surface area contributed by atoms with Gasteiger partial charge < -0.3 is 15.0 Å². The third kappa shape index (κ3) is 3.06. The van der Waals surface area contributed by atoms with E-state index in [2.05, 4.69) is 10.3 Å². The Hall–Kier alpha value is -3.15. The van der Waals surface area contributed by atoms with Crippen LogP contribution < -0.4 is 5.32 Å². The minimum atomic E-state index is -0.997. The molecule has 0 aliphatic heterocycles. The van der Waals surface area contributed by atoms with E-state index in [0.717, 1.165) is 16.6 Å². The highest BCUT2D eigenvalue weighted by atomic mass is 16.4. The Morgan fingerprint density at radius 3 is 2.61 bits per heavy atom. The van der Waals surface area contributed by atoms with Gasteiger partial charge >= 0.3 is 5.97 Å². The average Bonchev–Trinajstić information content (AvgIpc) is 2.92. The Labute approximate surface area is 132 Å². The number of carbonyl (C=O) groups is 2. The molecule has 0 saturated carbocycles. The van der Waals surface area contributed by atoms with E-state index in [-0.39, 0.29) is 18.0 Å². The maximum absolute atomic E-state index is 12.2. The van der Waals surface area contributed by atoms with Crippen LogP contribution in [0.15, 0.2) is 48.8 Å². The molecule has 6 heteroatoms. The summed E-state index contributed by atoms with van der Waals surface area (Å²) in [5.41, 5.74) is 3.58. The number of carboxylic acid groups (broad SMARTS) is 1. The van der Waals surface area contributed by atoms with Gasteiger partial charge in [0.05, 0.1) is 22.9 Å². The van der Waals surface area contributed by atoms with Crippen molar-refractivity contribution in [2.45, 2.75) is 13.5 Å². The highest BCUT2D eigenvalue weighted by molar-refractivity contribution is 5.93. The number of para-hydroxylation sites is 1. The first kappa shape index (κ1) is 14.8. The molecule has 0 aliphatic carbocycles. The molecule has 3 rings (SSSR count). The van der Waals surface area contributed by atoms with Crippen molar-refractivity contribution in [3.05, 3.63) is 59.9 Å². The Bertz CT molecular complexity index is 882. The molecule has 2 N–H and O–H groups in total. The number of rotatable bonds is 4. The first-order chi connectivity index (χ1) is 11.0. The van der Waals surface area contributed by atoms with Crippen LogP contribution in [0.3, 0.4) is 0 Å². The number of nitrogens with zero attached hydrogens (tertiary/aromatic N) is 2. The van der Waals surface area contributed by atoms with Gasteiger partial charge in [-0.05, 0) is 42.8 Å². The lowest BCUT2D eigenvalue weighted by molar-refractivity contribution is -0.116. The zero-order valence-electron chi connectivity index (χ0n) is 12.5. The lowest BCUT2D eigenvalue weighted by atomic mass is 10.2. The molecule has 0 fully saturated rings. The van der Waals surface area contributed by atoms with E-state index in [0.29, 0.717) is 5.69 Å². The molecule has 0 saturated heterocycles. The highest BCUT2D eigenvalue weighted by Crippen LogP contribution is 2.17. The fourth-order valence-corrected chi connectivity index (χ4v) is 2.48. The Morgan fingerprint density at radius 1 is 1.17 bits per heavy atom. The molecule has 0 bridgehead atoms. The summed E-state index contributed by atoms with van der Waals surface area (Å²) in [4.78, 5) is 27.3. The number of hydrogen-bond donors (Lipinski definition) is 2. The van der Waals surface area contributed by atoms with E-state index >= 15 is 0 Å². The van der Waals surface area contributed by atoms with Gasteiger partial charge in [0, 0.05) is 5.69 Å². The number of carboxylic acids is 1. The van der Waals surface area contributed by atoms with Crippen molar-refractivity contribution < 1.29 is 14.7 Å². The van der Waals surface area contributed by atoms with Crippen LogP contribution in [0.1, 0.15) is 15.9 Å². The number of aryl methyl sites for hydroxylation is 1. The normalized spacial score (nSPS) is 10.7. The molecule has 3 aromatic rings. The summed E-state index contributed by atoms with van der Waals surface area (Å²) in [6, 6.07) is 11.9. The van der Waals surface area contributed by atoms with Crippen molar-refractivity contribution in [1.29, 1.82) is 0 Å². The number of benzene rings is 2. The third-order valence-corrected chi connectivity index (χ3v) is 3.57. The van der Waals surface area contributed by atoms with Crippen LogP contribution in [0, 0.1) is 6.92 Å². The zero-order chi connectivity index (χ0) is 16.4. The van der Waals surface area contributed by atoms with Crippen LogP contribution in [-0.2, 0) is 11.3 Å². The molecule has 0 spiro atoms. The number of fused-ring (bicyclic) bond motifs is 1. The summed E-state index contributed by atoms with van der Waals surface area (Å²) in [5.74, 6) is -1.20. The summed E-state index contributed by atoms with van der Waals surface area (Å²) < 4.78 is 1.80. The molecule has 23 heavy (non-hydrogen) atoms. The number of amides is 1. The molecular weight excluding hydrogens is 294 g/mol. The number of aromatic nitrogens is 2. The van der Waals surface area contributed by atoms with E-state index in [4.69, 9.17) is 5.11 Å². The summed E-state index contributed by atoms with van der Waals surface area (Å²) in [6.45, 7) is 2.12. The molecular formula is C17H15N3O3. The molecule has 0 radical (unpaired) electrons. The fraction of sp³-hybridized carbons (Fsp3) is 0.118. The molecule has 1 amide bonds. The number of nitrogens with one attached hydrogen (secondary N) is 1. The third-order valence-electron chi connectivity index (χ3n) is 3.57. The van der Waals surface area contributed by atoms with Crippen LogP contribution in [0.4, 0.5) is 5.69 Å². The maximum Gasteiger partial charge on any atom is 0.335 e. The number of carbonyl (C=O) groups excluding carboxylic acids is 1. The predicted molar refractivity (Wildman–Crippen MR) is 86.5 cm³/mol. The average molecular weight is 309 g/mol. The Morgan fingerprint density at radius 2 is 1.91 bits per heavy atom. The number of hydrogen-bond acceptors (Lipinski definition) is 3. The highest BCUT2D eigenvalue weighted by Gasteiger charge is 2.10. The minimum Gasteiger partial charge on any atom is -0.478 e.